The molecule has 1 fully saturated rings. The van der Waals surface area contributed by atoms with Crippen LogP contribution in [0.5, 0.6) is 0 Å². The summed E-state index contributed by atoms with van der Waals surface area (Å²) in [6, 6.07) is 0. The molecular weight excluding hydrogens is 200 g/mol. The van der Waals surface area contributed by atoms with Gasteiger partial charge in [-0.2, -0.15) is 0 Å². The summed E-state index contributed by atoms with van der Waals surface area (Å²) in [5, 5.41) is 19.3. The quantitative estimate of drug-likeness (QED) is 0.779. The molecule has 1 saturated carbocycles. The van der Waals surface area contributed by atoms with Crippen LogP contribution in [-0.2, 0) is 0 Å². The van der Waals surface area contributed by atoms with Crippen LogP contribution < -0.4 is 0 Å². The minimum atomic E-state index is -0.234. The maximum Gasteiger partial charge on any atom is 0.0568 e. The highest BCUT2D eigenvalue weighted by Gasteiger charge is 2.34. The van der Waals surface area contributed by atoms with Crippen molar-refractivity contribution in [1.82, 2.24) is 0 Å². The summed E-state index contributed by atoms with van der Waals surface area (Å²) in [6.07, 6.45) is 4.61. The van der Waals surface area contributed by atoms with Crippen LogP contribution in [0.1, 0.15) is 59.8 Å². The topological polar surface area (TPSA) is 40.5 Å². The van der Waals surface area contributed by atoms with Crippen LogP contribution in [0.25, 0.3) is 0 Å². The van der Waals surface area contributed by atoms with Gasteiger partial charge in [0.2, 0.25) is 0 Å². The summed E-state index contributed by atoms with van der Waals surface area (Å²) in [7, 11) is 0. The van der Waals surface area contributed by atoms with Gasteiger partial charge < -0.3 is 10.2 Å². The Bertz CT molecular complexity index is 205. The van der Waals surface area contributed by atoms with Crippen molar-refractivity contribution >= 4 is 0 Å². The summed E-state index contributed by atoms with van der Waals surface area (Å²) >= 11 is 0. The van der Waals surface area contributed by atoms with Gasteiger partial charge in [0.25, 0.3) is 0 Å². The van der Waals surface area contributed by atoms with Crippen molar-refractivity contribution in [2.75, 3.05) is 0 Å². The Morgan fingerprint density at radius 2 is 1.88 bits per heavy atom. The van der Waals surface area contributed by atoms with E-state index in [9.17, 15) is 10.2 Å². The zero-order valence-electron chi connectivity index (χ0n) is 11.2. The van der Waals surface area contributed by atoms with Crippen LogP contribution in [0.15, 0.2) is 0 Å². The molecule has 0 heterocycles. The van der Waals surface area contributed by atoms with Gasteiger partial charge in [0.15, 0.2) is 0 Å². The second-order valence-corrected chi connectivity index (χ2v) is 6.63. The number of hydrogen-bond donors (Lipinski definition) is 2. The molecule has 0 amide bonds. The van der Waals surface area contributed by atoms with E-state index >= 15 is 0 Å². The van der Waals surface area contributed by atoms with Crippen molar-refractivity contribution in [1.29, 1.82) is 0 Å². The molecule has 1 rings (SSSR count). The van der Waals surface area contributed by atoms with E-state index in [-0.39, 0.29) is 12.2 Å². The lowest BCUT2D eigenvalue weighted by atomic mass is 9.67. The van der Waals surface area contributed by atoms with E-state index < -0.39 is 0 Å². The molecule has 0 aromatic carbocycles. The molecule has 16 heavy (non-hydrogen) atoms. The van der Waals surface area contributed by atoms with E-state index in [0.717, 1.165) is 38.0 Å². The fraction of sp³-hybridized carbons (Fsp3) is 1.00. The van der Waals surface area contributed by atoms with E-state index in [0.29, 0.717) is 11.3 Å². The van der Waals surface area contributed by atoms with E-state index in [1.165, 1.54) is 0 Å². The first-order valence-electron chi connectivity index (χ1n) is 6.67. The van der Waals surface area contributed by atoms with Gasteiger partial charge in [-0.3, -0.25) is 0 Å². The molecule has 0 spiro atoms. The Hall–Kier alpha value is -0.0800. The van der Waals surface area contributed by atoms with E-state index in [1.807, 2.05) is 6.92 Å². The molecule has 2 N–H and O–H groups in total. The SMILES string of the molecule is CC(O)CCC1CC(C(C)(C)C)CCC1O. The van der Waals surface area contributed by atoms with Crippen molar-refractivity contribution in [3.05, 3.63) is 0 Å². The average molecular weight is 228 g/mol. The van der Waals surface area contributed by atoms with Crippen LogP contribution in [-0.4, -0.2) is 22.4 Å². The molecule has 0 saturated heterocycles. The molecule has 0 radical (unpaired) electrons. The molecule has 1 aliphatic rings. The molecule has 4 unspecified atom stereocenters. The molecule has 0 aliphatic heterocycles. The predicted octanol–water partition coefficient (Wildman–Crippen LogP) is 2.97. The van der Waals surface area contributed by atoms with Crippen LogP contribution in [0.4, 0.5) is 0 Å². The second-order valence-electron chi connectivity index (χ2n) is 6.63. The predicted molar refractivity (Wildman–Crippen MR) is 67.2 cm³/mol. The highest BCUT2D eigenvalue weighted by molar-refractivity contribution is 4.85. The first-order chi connectivity index (χ1) is 7.30. The van der Waals surface area contributed by atoms with E-state index in [2.05, 4.69) is 20.8 Å². The largest absolute Gasteiger partial charge is 0.393 e. The zero-order chi connectivity index (χ0) is 12.3. The van der Waals surface area contributed by atoms with E-state index in [4.69, 9.17) is 0 Å². The minimum Gasteiger partial charge on any atom is -0.393 e. The van der Waals surface area contributed by atoms with Crippen LogP contribution in [0.3, 0.4) is 0 Å². The lowest BCUT2D eigenvalue weighted by Crippen LogP contribution is -2.35. The molecule has 0 bridgehead atoms. The summed E-state index contributed by atoms with van der Waals surface area (Å²) in [4.78, 5) is 0. The monoisotopic (exact) mass is 228 g/mol. The van der Waals surface area contributed by atoms with E-state index in [1.54, 1.807) is 0 Å². The maximum atomic E-state index is 9.98. The van der Waals surface area contributed by atoms with Crippen LogP contribution in [0, 0.1) is 17.3 Å². The molecule has 96 valence electrons. The van der Waals surface area contributed by atoms with Gasteiger partial charge in [0, 0.05) is 0 Å². The third-order valence-electron chi connectivity index (χ3n) is 4.12. The van der Waals surface area contributed by atoms with Crippen LogP contribution in [0.2, 0.25) is 0 Å². The van der Waals surface area contributed by atoms with Crippen molar-refractivity contribution in [2.45, 2.75) is 72.0 Å². The first-order valence-corrected chi connectivity index (χ1v) is 6.67. The molecule has 1 aliphatic carbocycles. The standard InChI is InChI=1S/C14H28O2/c1-10(15)5-6-11-9-12(14(2,3)4)7-8-13(11)16/h10-13,15-16H,5-9H2,1-4H3. The Morgan fingerprint density at radius 3 is 2.38 bits per heavy atom. The van der Waals surface area contributed by atoms with Crippen molar-refractivity contribution in [2.24, 2.45) is 17.3 Å². The van der Waals surface area contributed by atoms with Crippen molar-refractivity contribution < 1.29 is 10.2 Å². The van der Waals surface area contributed by atoms with Gasteiger partial charge >= 0.3 is 0 Å². The molecule has 0 aromatic rings. The smallest absolute Gasteiger partial charge is 0.0568 e. The number of hydrogen-bond acceptors (Lipinski definition) is 2. The Morgan fingerprint density at radius 1 is 1.25 bits per heavy atom. The molecule has 4 atom stereocenters. The highest BCUT2D eigenvalue weighted by Crippen LogP contribution is 2.41. The van der Waals surface area contributed by atoms with Crippen molar-refractivity contribution in [3.63, 3.8) is 0 Å². The van der Waals surface area contributed by atoms with Gasteiger partial charge in [-0.25, -0.2) is 0 Å². The van der Waals surface area contributed by atoms with Gasteiger partial charge in [0.1, 0.15) is 0 Å². The van der Waals surface area contributed by atoms with Crippen LogP contribution >= 0.6 is 0 Å². The lowest BCUT2D eigenvalue weighted by Gasteiger charge is -2.40. The molecule has 2 heteroatoms. The molecular formula is C14H28O2. The zero-order valence-corrected chi connectivity index (χ0v) is 11.2. The normalized spacial score (nSPS) is 33.8. The number of aliphatic hydroxyl groups is 2. The minimum absolute atomic E-state index is 0.141. The third-order valence-corrected chi connectivity index (χ3v) is 4.12. The van der Waals surface area contributed by atoms with Gasteiger partial charge in [-0.15, -0.1) is 0 Å². The van der Waals surface area contributed by atoms with Crippen molar-refractivity contribution in [3.8, 4) is 0 Å². The Kier molecular flexibility index (Phi) is 4.81. The van der Waals surface area contributed by atoms with Gasteiger partial charge in [-0.1, -0.05) is 20.8 Å². The Balaban J connectivity index is 2.48. The maximum absolute atomic E-state index is 9.98. The molecule has 2 nitrogen and oxygen atoms in total. The van der Waals surface area contributed by atoms with Gasteiger partial charge in [-0.05, 0) is 56.3 Å². The van der Waals surface area contributed by atoms with Gasteiger partial charge in [0.05, 0.1) is 12.2 Å². The average Bonchev–Trinajstić information content (AvgIpc) is 2.14. The third kappa shape index (κ3) is 4.06. The summed E-state index contributed by atoms with van der Waals surface area (Å²) < 4.78 is 0. The Labute approximate surface area is 100 Å². The first kappa shape index (κ1) is 14.0. The fourth-order valence-corrected chi connectivity index (χ4v) is 2.80. The highest BCUT2D eigenvalue weighted by atomic mass is 16.3. The second kappa shape index (κ2) is 5.50. The lowest BCUT2D eigenvalue weighted by molar-refractivity contribution is 0.0103. The summed E-state index contributed by atoms with van der Waals surface area (Å²) in [6.45, 7) is 8.71. The summed E-state index contributed by atoms with van der Waals surface area (Å²) in [5.41, 5.74) is 0.350. The molecule has 0 aromatic heterocycles. The number of aliphatic hydroxyl groups excluding tert-OH is 2. The summed E-state index contributed by atoms with van der Waals surface area (Å²) in [5.74, 6) is 1.11. The fourth-order valence-electron chi connectivity index (χ4n) is 2.80. The number of rotatable bonds is 3.